The fourth-order valence-corrected chi connectivity index (χ4v) is 1.14. The summed E-state index contributed by atoms with van der Waals surface area (Å²) in [4.78, 5) is 4.24. The maximum atomic E-state index is 5.28. The number of rotatable bonds is 2. The summed E-state index contributed by atoms with van der Waals surface area (Å²) in [6.07, 6.45) is 1.24. The number of nitrogens with two attached hydrogens (primary N) is 1. The van der Waals surface area contributed by atoms with E-state index in [0.717, 1.165) is 18.3 Å². The van der Waals surface area contributed by atoms with Gasteiger partial charge in [0.25, 0.3) is 0 Å². The van der Waals surface area contributed by atoms with Crippen molar-refractivity contribution in [2.75, 3.05) is 6.54 Å². The first-order valence-corrected chi connectivity index (χ1v) is 3.80. The fraction of sp³-hybridized carbons (Fsp3) is 0.857. The van der Waals surface area contributed by atoms with Gasteiger partial charge in [-0.3, -0.25) is 4.99 Å². The van der Waals surface area contributed by atoms with Crippen molar-refractivity contribution in [1.29, 1.82) is 0 Å². The van der Waals surface area contributed by atoms with E-state index < -0.39 is 0 Å². The second kappa shape index (κ2) is 3.01. The third-order valence-electron chi connectivity index (χ3n) is 1.94. The number of nitrogens with zero attached hydrogens (tertiary/aromatic N) is 1. The van der Waals surface area contributed by atoms with Crippen LogP contribution in [0.2, 0.25) is 0 Å². The van der Waals surface area contributed by atoms with Gasteiger partial charge in [0, 0.05) is 12.5 Å². The van der Waals surface area contributed by atoms with Gasteiger partial charge in [-0.1, -0.05) is 6.92 Å². The third kappa shape index (κ3) is 1.48. The summed E-state index contributed by atoms with van der Waals surface area (Å²) in [6.45, 7) is 5.06. The second-order valence-corrected chi connectivity index (χ2v) is 2.82. The van der Waals surface area contributed by atoms with Crippen LogP contribution in [0.25, 0.3) is 0 Å². The van der Waals surface area contributed by atoms with Crippen LogP contribution in [-0.2, 0) is 0 Å². The Kier molecular flexibility index (Phi) is 2.27. The van der Waals surface area contributed by atoms with Gasteiger partial charge in [-0.15, -0.1) is 0 Å². The van der Waals surface area contributed by atoms with E-state index in [9.17, 15) is 0 Å². The minimum atomic E-state index is 0.616. The van der Waals surface area contributed by atoms with Gasteiger partial charge in [-0.05, 0) is 19.3 Å². The van der Waals surface area contributed by atoms with Crippen LogP contribution in [0.3, 0.4) is 0 Å². The molecule has 0 spiro atoms. The van der Waals surface area contributed by atoms with Crippen LogP contribution in [0.1, 0.15) is 20.3 Å². The number of amidine groups is 1. The molecule has 0 aromatic carbocycles. The summed E-state index contributed by atoms with van der Waals surface area (Å²) < 4.78 is 0. The van der Waals surface area contributed by atoms with E-state index in [4.69, 9.17) is 5.84 Å². The van der Waals surface area contributed by atoms with Crippen molar-refractivity contribution in [3.63, 3.8) is 0 Å². The zero-order chi connectivity index (χ0) is 7.56. The average Bonchev–Trinajstić information content (AvgIpc) is 2.62. The Balaban J connectivity index is 2.42. The molecule has 3 heteroatoms. The molecule has 0 bridgehead atoms. The Morgan fingerprint density at radius 1 is 1.80 bits per heavy atom. The van der Waals surface area contributed by atoms with E-state index in [-0.39, 0.29) is 0 Å². The van der Waals surface area contributed by atoms with E-state index in [1.54, 1.807) is 0 Å². The second-order valence-electron chi connectivity index (χ2n) is 2.82. The maximum absolute atomic E-state index is 5.28. The Hall–Kier alpha value is -0.570. The van der Waals surface area contributed by atoms with Crippen LogP contribution in [-0.4, -0.2) is 12.4 Å². The van der Waals surface area contributed by atoms with E-state index in [1.807, 2.05) is 6.92 Å². The molecule has 0 heterocycles. The molecule has 2 unspecified atom stereocenters. The smallest absolute Gasteiger partial charge is 0.114 e. The zero-order valence-corrected chi connectivity index (χ0v) is 6.59. The molecule has 1 saturated carbocycles. The van der Waals surface area contributed by atoms with Gasteiger partial charge in [0.1, 0.15) is 5.84 Å². The van der Waals surface area contributed by atoms with E-state index >= 15 is 0 Å². The molecule has 0 aliphatic heterocycles. The van der Waals surface area contributed by atoms with Crippen LogP contribution in [0, 0.1) is 11.8 Å². The zero-order valence-electron chi connectivity index (χ0n) is 6.59. The van der Waals surface area contributed by atoms with Crippen molar-refractivity contribution < 1.29 is 0 Å². The Labute approximate surface area is 61.7 Å². The minimum Gasteiger partial charge on any atom is -0.312 e. The summed E-state index contributed by atoms with van der Waals surface area (Å²) in [6, 6.07) is 0. The number of hydrogen-bond acceptors (Lipinski definition) is 2. The molecule has 3 nitrogen and oxygen atoms in total. The van der Waals surface area contributed by atoms with Crippen LogP contribution in [0.5, 0.6) is 0 Å². The molecule has 2 atom stereocenters. The molecule has 1 aliphatic carbocycles. The lowest BCUT2D eigenvalue weighted by molar-refractivity contribution is 0.859. The summed E-state index contributed by atoms with van der Waals surface area (Å²) in [5.74, 6) is 7.66. The minimum absolute atomic E-state index is 0.616. The van der Waals surface area contributed by atoms with E-state index in [0.29, 0.717) is 5.92 Å². The normalized spacial score (nSPS) is 32.1. The molecular weight excluding hydrogens is 126 g/mol. The molecule has 0 radical (unpaired) electrons. The van der Waals surface area contributed by atoms with Gasteiger partial charge in [0.15, 0.2) is 0 Å². The van der Waals surface area contributed by atoms with E-state index in [2.05, 4.69) is 17.3 Å². The van der Waals surface area contributed by atoms with Gasteiger partial charge in [0.05, 0.1) is 0 Å². The van der Waals surface area contributed by atoms with Gasteiger partial charge in [0.2, 0.25) is 0 Å². The third-order valence-corrected chi connectivity index (χ3v) is 1.94. The number of nitrogens with one attached hydrogen (secondary N) is 1. The lowest BCUT2D eigenvalue weighted by Gasteiger charge is -2.01. The van der Waals surface area contributed by atoms with Gasteiger partial charge < -0.3 is 5.43 Å². The summed E-state index contributed by atoms with van der Waals surface area (Å²) in [7, 11) is 0. The Morgan fingerprint density at radius 2 is 2.40 bits per heavy atom. The highest BCUT2D eigenvalue weighted by atomic mass is 15.3. The highest BCUT2D eigenvalue weighted by Gasteiger charge is 2.36. The topological polar surface area (TPSA) is 50.4 Å². The largest absolute Gasteiger partial charge is 0.312 e. The quantitative estimate of drug-likeness (QED) is 0.255. The van der Waals surface area contributed by atoms with E-state index in [1.165, 1.54) is 6.42 Å². The van der Waals surface area contributed by atoms with Crippen molar-refractivity contribution in [3.05, 3.63) is 0 Å². The molecule has 10 heavy (non-hydrogen) atoms. The number of hydrogen-bond donors (Lipinski definition) is 2. The molecule has 0 aromatic rings. The monoisotopic (exact) mass is 141 g/mol. The average molecular weight is 141 g/mol. The Bertz CT molecular complexity index is 142. The summed E-state index contributed by atoms with van der Waals surface area (Å²) >= 11 is 0. The van der Waals surface area contributed by atoms with Crippen molar-refractivity contribution >= 4 is 5.84 Å². The fourth-order valence-electron chi connectivity index (χ4n) is 1.14. The molecule has 58 valence electrons. The molecular formula is C7H15N3. The SMILES string of the molecule is CCN=C(NN)C1CC1C. The van der Waals surface area contributed by atoms with Gasteiger partial charge >= 0.3 is 0 Å². The number of aliphatic imine (C=N–C) groups is 1. The number of hydrazine groups is 1. The molecule has 0 amide bonds. The standard InChI is InChI=1S/C7H15N3/c1-3-9-7(10-8)6-4-5(6)2/h5-6H,3-4,8H2,1-2H3,(H,9,10). The maximum Gasteiger partial charge on any atom is 0.114 e. The van der Waals surface area contributed by atoms with Crippen molar-refractivity contribution in [1.82, 2.24) is 5.43 Å². The predicted molar refractivity (Wildman–Crippen MR) is 42.6 cm³/mol. The first kappa shape index (κ1) is 7.54. The van der Waals surface area contributed by atoms with Crippen LogP contribution in [0.4, 0.5) is 0 Å². The first-order valence-electron chi connectivity index (χ1n) is 3.80. The predicted octanol–water partition coefficient (Wildman–Crippen LogP) is 0.524. The van der Waals surface area contributed by atoms with Gasteiger partial charge in [-0.2, -0.15) is 0 Å². The molecule has 1 fully saturated rings. The summed E-state index contributed by atoms with van der Waals surface area (Å²) in [5.41, 5.74) is 2.65. The van der Waals surface area contributed by atoms with Crippen molar-refractivity contribution in [3.8, 4) is 0 Å². The van der Waals surface area contributed by atoms with Crippen molar-refractivity contribution in [2.24, 2.45) is 22.7 Å². The van der Waals surface area contributed by atoms with Crippen LogP contribution in [0.15, 0.2) is 4.99 Å². The van der Waals surface area contributed by atoms with Crippen LogP contribution < -0.4 is 11.3 Å². The highest BCUT2D eigenvalue weighted by Crippen LogP contribution is 2.37. The molecule has 1 aliphatic rings. The van der Waals surface area contributed by atoms with Crippen molar-refractivity contribution in [2.45, 2.75) is 20.3 Å². The molecule has 3 N–H and O–H groups in total. The first-order chi connectivity index (χ1) is 4.79. The lowest BCUT2D eigenvalue weighted by atomic mass is 10.3. The van der Waals surface area contributed by atoms with Crippen LogP contribution >= 0.6 is 0 Å². The molecule has 0 saturated heterocycles. The Morgan fingerprint density at radius 3 is 2.70 bits per heavy atom. The van der Waals surface area contributed by atoms with Gasteiger partial charge in [-0.25, -0.2) is 5.84 Å². The summed E-state index contributed by atoms with van der Waals surface area (Å²) in [5, 5.41) is 0. The lowest BCUT2D eigenvalue weighted by Crippen LogP contribution is -2.32. The molecule has 0 aromatic heterocycles. The molecule has 1 rings (SSSR count). The highest BCUT2D eigenvalue weighted by molar-refractivity contribution is 5.86.